The monoisotopic (exact) mass is 505 g/mol. The van der Waals surface area contributed by atoms with Crippen LogP contribution in [0.25, 0.3) is 33.1 Å². The summed E-state index contributed by atoms with van der Waals surface area (Å²) in [5, 5.41) is 0.620. The van der Waals surface area contributed by atoms with E-state index in [0.717, 1.165) is 15.7 Å². The molecular weight excluding hydrogens is 486 g/mol. The lowest BCUT2D eigenvalue weighted by molar-refractivity contribution is 0.0961. The summed E-state index contributed by atoms with van der Waals surface area (Å²) in [6.07, 6.45) is 1.50. The molecule has 8 heteroatoms. The molecule has 0 saturated heterocycles. The van der Waals surface area contributed by atoms with Crippen LogP contribution in [0.15, 0.2) is 125 Å². The van der Waals surface area contributed by atoms with Crippen LogP contribution >= 0.6 is 0 Å². The van der Waals surface area contributed by atoms with Crippen LogP contribution in [0.4, 0.5) is 0 Å². The lowest BCUT2D eigenvalue weighted by atomic mass is 10.0. The Bertz CT molecular complexity index is 1970. The summed E-state index contributed by atoms with van der Waals surface area (Å²) in [4.78, 5) is 31.3. The van der Waals surface area contributed by atoms with Crippen molar-refractivity contribution < 1.29 is 13.2 Å². The third-order valence-corrected chi connectivity index (χ3v) is 7.98. The van der Waals surface area contributed by atoms with Gasteiger partial charge in [0.05, 0.1) is 16.6 Å². The van der Waals surface area contributed by atoms with Crippen LogP contribution in [0.2, 0.25) is 0 Å². The lowest BCUT2D eigenvalue weighted by Crippen LogP contribution is -2.33. The van der Waals surface area contributed by atoms with Crippen molar-refractivity contribution in [3.05, 3.63) is 131 Å². The summed E-state index contributed by atoms with van der Waals surface area (Å²) in [5.41, 5.74) is 1.75. The maximum absolute atomic E-state index is 13.9. The predicted octanol–water partition coefficient (Wildman–Crippen LogP) is 4.94. The largest absolute Gasteiger partial charge is 0.350 e. The van der Waals surface area contributed by atoms with Crippen LogP contribution in [0, 0.1) is 0 Å². The van der Waals surface area contributed by atoms with Crippen LogP contribution in [0.1, 0.15) is 10.4 Å². The molecule has 4 aromatic carbocycles. The van der Waals surface area contributed by atoms with E-state index >= 15 is 0 Å². The molecule has 0 unspecified atom stereocenters. The molecule has 0 aliphatic rings. The molecule has 37 heavy (non-hydrogen) atoms. The molecule has 0 saturated carbocycles. The molecule has 6 rings (SSSR count). The second kappa shape index (κ2) is 8.69. The molecule has 0 spiro atoms. The van der Waals surface area contributed by atoms with Crippen molar-refractivity contribution in [3.63, 3.8) is 0 Å². The molecule has 0 bridgehead atoms. The van der Waals surface area contributed by atoms with Gasteiger partial charge in [-0.25, -0.2) is 17.8 Å². The fourth-order valence-corrected chi connectivity index (χ4v) is 6.06. The van der Waals surface area contributed by atoms with Gasteiger partial charge in [-0.05, 0) is 47.5 Å². The lowest BCUT2D eigenvalue weighted by Gasteiger charge is -2.08. The number of carbonyl (C=O) groups excluding carboxylic acids is 1. The van der Waals surface area contributed by atoms with Gasteiger partial charge in [0.1, 0.15) is 4.90 Å². The van der Waals surface area contributed by atoms with Crippen molar-refractivity contribution in [2.75, 3.05) is 0 Å². The van der Waals surface area contributed by atoms with E-state index in [0.29, 0.717) is 9.36 Å². The number of hydrogen-bond acceptors (Lipinski definition) is 5. The smallest absolute Gasteiger partial charge is 0.268 e. The Morgan fingerprint density at radius 3 is 2.08 bits per heavy atom. The number of rotatable bonds is 4. The summed E-state index contributed by atoms with van der Waals surface area (Å²) < 4.78 is 29.3. The maximum atomic E-state index is 13.9. The highest BCUT2D eigenvalue weighted by Crippen LogP contribution is 2.26. The minimum absolute atomic E-state index is 0.106. The van der Waals surface area contributed by atoms with Crippen LogP contribution < -0.4 is 5.69 Å². The van der Waals surface area contributed by atoms with Crippen molar-refractivity contribution >= 4 is 37.9 Å². The molecule has 0 fully saturated rings. The molecule has 180 valence electrons. The third kappa shape index (κ3) is 3.66. The van der Waals surface area contributed by atoms with E-state index in [1.807, 2.05) is 30.3 Å². The number of fused-ring (bicyclic) bond motifs is 2. The Morgan fingerprint density at radius 1 is 0.676 bits per heavy atom. The maximum Gasteiger partial charge on any atom is 0.350 e. The fraction of sp³-hybridized carbons (Fsp3) is 0. The molecule has 0 amide bonds. The number of benzene rings is 4. The third-order valence-electron chi connectivity index (χ3n) is 6.26. The quantitative estimate of drug-likeness (QED) is 0.338. The molecular formula is C29H19N3O4S. The van der Waals surface area contributed by atoms with Crippen molar-refractivity contribution in [2.45, 2.75) is 4.90 Å². The molecule has 0 aliphatic carbocycles. The highest BCUT2D eigenvalue weighted by atomic mass is 32.2. The van der Waals surface area contributed by atoms with Crippen LogP contribution in [-0.4, -0.2) is 27.8 Å². The summed E-state index contributed by atoms with van der Waals surface area (Å²) >= 11 is 0. The topological polar surface area (TPSA) is 91.0 Å². The number of hydrogen-bond donors (Lipinski definition) is 0. The Hall–Kier alpha value is -4.82. The second-order valence-electron chi connectivity index (χ2n) is 8.46. The standard InChI is InChI=1S/C29H19N3O4S/c33-28(23-17-15-21(16-18-23)20-8-2-1-3-9-20)31-24-12-4-5-13-25(24)32(29(31)34)37(35,36)26-14-6-10-22-11-7-19-30-27(22)26/h1-19H. The number of pyridine rings is 1. The summed E-state index contributed by atoms with van der Waals surface area (Å²) in [6, 6.07) is 31.1. The summed E-state index contributed by atoms with van der Waals surface area (Å²) in [7, 11) is -4.39. The highest BCUT2D eigenvalue weighted by molar-refractivity contribution is 7.90. The van der Waals surface area contributed by atoms with Crippen LogP contribution in [0.5, 0.6) is 0 Å². The Balaban J connectivity index is 1.52. The van der Waals surface area contributed by atoms with Crippen LogP contribution in [0.3, 0.4) is 0 Å². The van der Waals surface area contributed by atoms with Gasteiger partial charge >= 0.3 is 5.69 Å². The molecule has 0 N–H and O–H groups in total. The normalized spacial score (nSPS) is 11.7. The highest BCUT2D eigenvalue weighted by Gasteiger charge is 2.29. The Morgan fingerprint density at radius 2 is 1.32 bits per heavy atom. The molecule has 2 heterocycles. The van der Waals surface area contributed by atoms with Crippen molar-refractivity contribution in [1.29, 1.82) is 0 Å². The molecule has 0 radical (unpaired) electrons. The van der Waals surface area contributed by atoms with E-state index in [1.54, 1.807) is 66.7 Å². The van der Waals surface area contributed by atoms with E-state index in [-0.39, 0.29) is 27.0 Å². The zero-order chi connectivity index (χ0) is 25.6. The van der Waals surface area contributed by atoms with E-state index in [9.17, 15) is 18.0 Å². The number of aromatic nitrogens is 3. The zero-order valence-corrected chi connectivity index (χ0v) is 20.2. The van der Waals surface area contributed by atoms with Gasteiger partial charge in [0.2, 0.25) is 0 Å². The second-order valence-corrected chi connectivity index (χ2v) is 10.2. The van der Waals surface area contributed by atoms with Gasteiger partial charge in [-0.3, -0.25) is 9.78 Å². The van der Waals surface area contributed by atoms with Crippen LogP contribution in [-0.2, 0) is 10.0 Å². The van der Waals surface area contributed by atoms with Gasteiger partial charge in [-0.2, -0.15) is 3.97 Å². The molecule has 0 atom stereocenters. The molecule has 6 aromatic rings. The van der Waals surface area contributed by atoms with Gasteiger partial charge in [0.15, 0.2) is 0 Å². The van der Waals surface area contributed by atoms with E-state index in [2.05, 4.69) is 4.98 Å². The average Bonchev–Trinajstić information content (AvgIpc) is 3.25. The number of imidazole rings is 1. The first-order chi connectivity index (χ1) is 18.0. The zero-order valence-electron chi connectivity index (χ0n) is 19.4. The van der Waals surface area contributed by atoms with Crippen molar-refractivity contribution in [2.24, 2.45) is 0 Å². The molecule has 2 aromatic heterocycles. The first-order valence-corrected chi connectivity index (χ1v) is 12.9. The van der Waals surface area contributed by atoms with Crippen molar-refractivity contribution in [1.82, 2.24) is 13.5 Å². The number of nitrogens with zero attached hydrogens (tertiary/aromatic N) is 3. The van der Waals surface area contributed by atoms with Gasteiger partial charge < -0.3 is 0 Å². The van der Waals surface area contributed by atoms with E-state index < -0.39 is 21.6 Å². The fourth-order valence-electron chi connectivity index (χ4n) is 4.50. The number of para-hydroxylation sites is 3. The van der Waals surface area contributed by atoms with Gasteiger partial charge in [0, 0.05) is 17.1 Å². The first kappa shape index (κ1) is 22.6. The first-order valence-electron chi connectivity index (χ1n) is 11.5. The van der Waals surface area contributed by atoms with Crippen molar-refractivity contribution in [3.8, 4) is 11.1 Å². The summed E-state index contributed by atoms with van der Waals surface area (Å²) in [5.74, 6) is -0.620. The van der Waals surface area contributed by atoms with E-state index in [1.165, 1.54) is 18.3 Å². The van der Waals surface area contributed by atoms with Gasteiger partial charge in [-0.15, -0.1) is 0 Å². The average molecular weight is 506 g/mol. The number of carbonyl (C=O) groups is 1. The SMILES string of the molecule is O=C(c1ccc(-c2ccccc2)cc1)n1c(=O)n(S(=O)(=O)c2cccc3cccnc23)c2ccccc21. The summed E-state index contributed by atoms with van der Waals surface area (Å²) in [6.45, 7) is 0. The van der Waals surface area contributed by atoms with E-state index in [4.69, 9.17) is 0 Å². The Kier molecular flexibility index (Phi) is 5.31. The molecule has 7 nitrogen and oxygen atoms in total. The minimum Gasteiger partial charge on any atom is -0.268 e. The predicted molar refractivity (Wildman–Crippen MR) is 142 cm³/mol. The van der Waals surface area contributed by atoms with Gasteiger partial charge in [-0.1, -0.05) is 72.8 Å². The van der Waals surface area contributed by atoms with Gasteiger partial charge in [0.25, 0.3) is 15.9 Å². The Labute approximate surface area is 211 Å². The molecule has 0 aliphatic heterocycles. The minimum atomic E-state index is -4.39.